The van der Waals surface area contributed by atoms with Crippen molar-refractivity contribution < 1.29 is 35.8 Å². The Labute approximate surface area is 144 Å². The normalized spacial score (nSPS) is 11.6. The van der Waals surface area contributed by atoms with Gasteiger partial charge in [-0.1, -0.05) is 24.3 Å². The average Bonchev–Trinajstić information content (AvgIpc) is 2.44. The van der Waals surface area contributed by atoms with E-state index in [9.17, 15) is 26.3 Å². The third kappa shape index (κ3) is 6.35. The van der Waals surface area contributed by atoms with Crippen molar-refractivity contribution in [2.75, 3.05) is 0 Å². The van der Waals surface area contributed by atoms with Crippen LogP contribution < -0.4 is 15.2 Å². The molecule has 2 rings (SSSR count). The molecule has 2 aromatic rings. The van der Waals surface area contributed by atoms with Gasteiger partial charge in [0.2, 0.25) is 0 Å². The molecule has 0 fully saturated rings. The first kappa shape index (κ1) is 20.9. The van der Waals surface area contributed by atoms with Gasteiger partial charge in [-0.05, 0) is 29.3 Å². The van der Waals surface area contributed by atoms with Crippen molar-refractivity contribution in [3.05, 3.63) is 48.0 Å². The topological polar surface area (TPSA) is 44.5 Å². The van der Waals surface area contributed by atoms with Crippen LogP contribution in [-0.2, 0) is 6.54 Å². The number of ether oxygens (including phenoxy) is 2. The Morgan fingerprint density at radius 3 is 1.96 bits per heavy atom. The average molecular weight is 388 g/mol. The first-order valence-electron chi connectivity index (χ1n) is 6.52. The van der Waals surface area contributed by atoms with Crippen molar-refractivity contribution in [3.63, 3.8) is 0 Å². The largest absolute Gasteiger partial charge is 0.573 e. The lowest BCUT2D eigenvalue weighted by atomic mass is 10.0. The van der Waals surface area contributed by atoms with Crippen LogP contribution in [0.1, 0.15) is 5.56 Å². The monoisotopic (exact) mass is 387 g/mol. The molecule has 3 nitrogen and oxygen atoms in total. The highest BCUT2D eigenvalue weighted by atomic mass is 35.5. The number of hydrogen-bond acceptors (Lipinski definition) is 3. The minimum Gasteiger partial charge on any atom is -0.406 e. The molecule has 0 aliphatic rings. The Bertz CT molecular complexity index is 718. The van der Waals surface area contributed by atoms with E-state index >= 15 is 0 Å². The maximum Gasteiger partial charge on any atom is 0.573 e. The molecule has 0 saturated carbocycles. The van der Waals surface area contributed by atoms with Crippen molar-refractivity contribution in [1.82, 2.24) is 0 Å². The molecule has 0 unspecified atom stereocenters. The van der Waals surface area contributed by atoms with Crippen LogP contribution in [0.4, 0.5) is 26.3 Å². The number of rotatable bonds is 4. The molecule has 0 saturated heterocycles. The van der Waals surface area contributed by atoms with Gasteiger partial charge in [-0.15, -0.1) is 38.7 Å². The first-order chi connectivity index (χ1) is 11.1. The van der Waals surface area contributed by atoms with Crippen LogP contribution in [0.25, 0.3) is 11.1 Å². The zero-order valence-electron chi connectivity index (χ0n) is 12.3. The molecule has 2 N–H and O–H groups in total. The summed E-state index contributed by atoms with van der Waals surface area (Å²) >= 11 is 0. The van der Waals surface area contributed by atoms with E-state index in [1.807, 2.05) is 0 Å². The van der Waals surface area contributed by atoms with Crippen LogP contribution in [0.2, 0.25) is 0 Å². The van der Waals surface area contributed by atoms with Gasteiger partial charge in [-0.3, -0.25) is 0 Å². The molecule has 0 radical (unpaired) electrons. The summed E-state index contributed by atoms with van der Waals surface area (Å²) in [7, 11) is 0. The van der Waals surface area contributed by atoms with Crippen LogP contribution in [0.5, 0.6) is 11.5 Å². The lowest BCUT2D eigenvalue weighted by molar-refractivity contribution is -0.275. The second-order valence-electron chi connectivity index (χ2n) is 4.65. The third-order valence-corrected chi connectivity index (χ3v) is 2.91. The molecular formula is C15H12ClF6NO2. The van der Waals surface area contributed by atoms with Crippen LogP contribution in [0.15, 0.2) is 42.5 Å². The fraction of sp³-hybridized carbons (Fsp3) is 0.200. The predicted molar refractivity (Wildman–Crippen MR) is 80.4 cm³/mol. The summed E-state index contributed by atoms with van der Waals surface area (Å²) in [6.07, 6.45) is -9.78. The third-order valence-electron chi connectivity index (χ3n) is 2.91. The van der Waals surface area contributed by atoms with Crippen LogP contribution >= 0.6 is 12.4 Å². The standard InChI is InChI=1S/C15H11F6NO2.ClH/c16-14(17,18)23-12-3-1-2-9(6-12)10-4-5-11(8-22)13(7-10)24-15(19,20)21;/h1-7H,8,22H2;1H. The Morgan fingerprint density at radius 2 is 1.40 bits per heavy atom. The Balaban J connectivity index is 0.00000312. The summed E-state index contributed by atoms with van der Waals surface area (Å²) in [5.74, 6) is -0.995. The van der Waals surface area contributed by atoms with E-state index in [0.29, 0.717) is 0 Å². The van der Waals surface area contributed by atoms with Gasteiger partial charge in [-0.25, -0.2) is 0 Å². The molecule has 0 atom stereocenters. The predicted octanol–water partition coefficient (Wildman–Crippen LogP) is 5.03. The van der Waals surface area contributed by atoms with Crippen molar-refractivity contribution in [1.29, 1.82) is 0 Å². The van der Waals surface area contributed by atoms with E-state index in [-0.39, 0.29) is 35.6 Å². The zero-order chi connectivity index (χ0) is 18.0. The minimum absolute atomic E-state index is 0. The second kappa shape index (κ2) is 7.83. The summed E-state index contributed by atoms with van der Waals surface area (Å²) in [6.45, 7) is -0.192. The van der Waals surface area contributed by atoms with E-state index in [2.05, 4.69) is 9.47 Å². The lowest BCUT2D eigenvalue weighted by Gasteiger charge is -2.14. The van der Waals surface area contributed by atoms with Crippen LogP contribution in [0, 0.1) is 0 Å². The number of halogens is 7. The van der Waals surface area contributed by atoms with E-state index in [1.54, 1.807) is 0 Å². The highest BCUT2D eigenvalue weighted by molar-refractivity contribution is 5.85. The molecule has 0 bridgehead atoms. The van der Waals surface area contributed by atoms with E-state index in [0.717, 1.165) is 18.2 Å². The SMILES string of the molecule is Cl.NCc1ccc(-c2cccc(OC(F)(F)F)c2)cc1OC(F)(F)F. The maximum absolute atomic E-state index is 12.4. The Kier molecular flexibility index (Phi) is 6.55. The Hall–Kier alpha value is -2.13. The number of hydrogen-bond donors (Lipinski definition) is 1. The van der Waals surface area contributed by atoms with Gasteiger partial charge in [0.15, 0.2) is 0 Å². The van der Waals surface area contributed by atoms with Gasteiger partial charge in [0.05, 0.1) is 0 Å². The molecule has 25 heavy (non-hydrogen) atoms. The highest BCUT2D eigenvalue weighted by Crippen LogP contribution is 2.33. The quantitative estimate of drug-likeness (QED) is 0.748. The molecular weight excluding hydrogens is 376 g/mol. The van der Waals surface area contributed by atoms with Gasteiger partial charge in [0.1, 0.15) is 11.5 Å². The van der Waals surface area contributed by atoms with Crippen LogP contribution in [-0.4, -0.2) is 12.7 Å². The van der Waals surface area contributed by atoms with E-state index in [4.69, 9.17) is 5.73 Å². The lowest BCUT2D eigenvalue weighted by Crippen LogP contribution is -2.18. The molecule has 0 spiro atoms. The Morgan fingerprint density at radius 1 is 0.800 bits per heavy atom. The van der Waals surface area contributed by atoms with Crippen LogP contribution in [0.3, 0.4) is 0 Å². The molecule has 0 aromatic heterocycles. The fourth-order valence-corrected chi connectivity index (χ4v) is 2.00. The molecule has 10 heteroatoms. The summed E-state index contributed by atoms with van der Waals surface area (Å²) in [4.78, 5) is 0. The molecule has 138 valence electrons. The summed E-state index contributed by atoms with van der Waals surface area (Å²) in [5.41, 5.74) is 5.92. The number of benzene rings is 2. The van der Waals surface area contributed by atoms with Crippen molar-refractivity contribution in [2.24, 2.45) is 5.73 Å². The molecule has 2 aromatic carbocycles. The molecule has 0 aliphatic carbocycles. The van der Waals surface area contributed by atoms with Crippen molar-refractivity contribution in [3.8, 4) is 22.6 Å². The van der Waals surface area contributed by atoms with Gasteiger partial charge < -0.3 is 15.2 Å². The summed E-state index contributed by atoms with van der Waals surface area (Å²) < 4.78 is 81.7. The van der Waals surface area contributed by atoms with E-state index in [1.165, 1.54) is 24.3 Å². The van der Waals surface area contributed by atoms with Gasteiger partial charge in [0.25, 0.3) is 0 Å². The zero-order valence-corrected chi connectivity index (χ0v) is 13.1. The van der Waals surface area contributed by atoms with Gasteiger partial charge in [-0.2, -0.15) is 0 Å². The first-order valence-corrected chi connectivity index (χ1v) is 6.52. The van der Waals surface area contributed by atoms with Crippen molar-refractivity contribution >= 4 is 12.4 Å². The van der Waals surface area contributed by atoms with E-state index < -0.39 is 24.2 Å². The van der Waals surface area contributed by atoms with Gasteiger partial charge >= 0.3 is 12.7 Å². The summed E-state index contributed by atoms with van der Waals surface area (Å²) in [6, 6.07) is 8.66. The highest BCUT2D eigenvalue weighted by Gasteiger charge is 2.32. The molecule has 0 amide bonds. The number of alkyl halides is 6. The fourth-order valence-electron chi connectivity index (χ4n) is 2.00. The second-order valence-corrected chi connectivity index (χ2v) is 4.65. The van der Waals surface area contributed by atoms with Crippen molar-refractivity contribution in [2.45, 2.75) is 19.3 Å². The maximum atomic E-state index is 12.4. The minimum atomic E-state index is -4.91. The molecule has 0 aliphatic heterocycles. The number of nitrogens with two attached hydrogens (primary N) is 1. The van der Waals surface area contributed by atoms with Gasteiger partial charge in [0, 0.05) is 12.1 Å². The summed E-state index contributed by atoms with van der Waals surface area (Å²) in [5, 5.41) is 0. The molecule has 0 heterocycles. The smallest absolute Gasteiger partial charge is 0.406 e.